The van der Waals surface area contributed by atoms with Crippen molar-refractivity contribution < 1.29 is 4.79 Å². The third-order valence-electron chi connectivity index (χ3n) is 6.85. The molecule has 4 aliphatic rings. The highest BCUT2D eigenvalue weighted by Crippen LogP contribution is 2.56. The largest absolute Gasteiger partial charge is 0.378 e. The fourth-order valence-electron chi connectivity index (χ4n) is 6.17. The highest BCUT2D eigenvalue weighted by atomic mass is 16.2. The van der Waals surface area contributed by atoms with Gasteiger partial charge in [-0.2, -0.15) is 0 Å². The van der Waals surface area contributed by atoms with Gasteiger partial charge in [0.1, 0.15) is 0 Å². The maximum atomic E-state index is 12.6. The lowest BCUT2D eigenvalue weighted by atomic mass is 9.53. The minimum Gasteiger partial charge on any atom is -0.378 e. The summed E-state index contributed by atoms with van der Waals surface area (Å²) in [5, 5.41) is 7.31. The normalized spacial score (nSPS) is 29.9. The second-order valence-corrected chi connectivity index (χ2v) is 9.10. The van der Waals surface area contributed by atoms with Gasteiger partial charge in [-0.1, -0.05) is 24.3 Å². The number of hydrogen-bond acceptors (Lipinski definition) is 3. The smallest absolute Gasteiger partial charge is 0.242 e. The molecule has 1 aromatic rings. The molecule has 0 saturated heterocycles. The van der Waals surface area contributed by atoms with E-state index in [4.69, 9.17) is 0 Å². The van der Waals surface area contributed by atoms with E-state index in [2.05, 4.69) is 42.0 Å². The average molecular weight is 380 g/mol. The molecule has 4 nitrogen and oxygen atoms in total. The molecule has 4 heteroatoms. The fourth-order valence-corrected chi connectivity index (χ4v) is 6.17. The van der Waals surface area contributed by atoms with Crippen LogP contribution in [-0.4, -0.2) is 36.0 Å². The molecule has 0 atom stereocenters. The Bertz CT molecular complexity index is 696. The first kappa shape index (κ1) is 19.1. The Morgan fingerprint density at radius 1 is 1.00 bits per heavy atom. The van der Waals surface area contributed by atoms with E-state index in [1.807, 2.05) is 6.07 Å². The molecule has 2 N–H and O–H groups in total. The molecule has 5 rings (SSSR count). The second kappa shape index (κ2) is 8.02. The van der Waals surface area contributed by atoms with Gasteiger partial charge in [0.15, 0.2) is 0 Å². The van der Waals surface area contributed by atoms with Gasteiger partial charge in [0.25, 0.3) is 0 Å². The zero-order chi connectivity index (χ0) is 19.6. The number of nitrogens with zero attached hydrogens (tertiary/aromatic N) is 1. The first-order chi connectivity index (χ1) is 13.6. The number of hydrogen-bond donors (Lipinski definition) is 2. The lowest BCUT2D eigenvalue weighted by Crippen LogP contribution is -2.54. The number of nitrogens with one attached hydrogen (secondary N) is 2. The van der Waals surface area contributed by atoms with Crippen molar-refractivity contribution in [3.63, 3.8) is 0 Å². The van der Waals surface area contributed by atoms with Crippen LogP contribution in [0.3, 0.4) is 0 Å². The SMILES string of the molecule is C=CCN(CC=C)C(=O)CNc1ccccc1NC12CC3CC(CC(C3)C1)C2. The third kappa shape index (κ3) is 3.96. The first-order valence-electron chi connectivity index (χ1n) is 10.7. The summed E-state index contributed by atoms with van der Waals surface area (Å²) in [5.74, 6) is 2.79. The van der Waals surface area contributed by atoms with E-state index >= 15 is 0 Å². The molecular weight excluding hydrogens is 346 g/mol. The van der Waals surface area contributed by atoms with Gasteiger partial charge in [0.2, 0.25) is 5.91 Å². The lowest BCUT2D eigenvalue weighted by molar-refractivity contribution is -0.128. The maximum absolute atomic E-state index is 12.6. The van der Waals surface area contributed by atoms with E-state index in [1.54, 1.807) is 17.1 Å². The Morgan fingerprint density at radius 2 is 1.54 bits per heavy atom. The van der Waals surface area contributed by atoms with E-state index in [0.29, 0.717) is 13.1 Å². The summed E-state index contributed by atoms with van der Waals surface area (Å²) in [7, 11) is 0. The standard InChI is InChI=1S/C24H33N3O/c1-3-9-27(10-4-2)23(28)17-25-21-7-5-6-8-22(21)26-24-14-18-11-19(15-24)13-20(12-18)16-24/h3-8,18-20,25-26H,1-2,9-17H2. The minimum absolute atomic E-state index is 0.0596. The second-order valence-electron chi connectivity index (χ2n) is 9.10. The van der Waals surface area contributed by atoms with E-state index in [0.717, 1.165) is 29.1 Å². The number of amides is 1. The van der Waals surface area contributed by atoms with Crippen molar-refractivity contribution in [3.8, 4) is 0 Å². The van der Waals surface area contributed by atoms with Crippen molar-refractivity contribution >= 4 is 17.3 Å². The van der Waals surface area contributed by atoms with Crippen LogP contribution in [0.1, 0.15) is 38.5 Å². The van der Waals surface area contributed by atoms with Crippen LogP contribution >= 0.6 is 0 Å². The Kier molecular flexibility index (Phi) is 5.47. The van der Waals surface area contributed by atoms with Gasteiger partial charge in [-0.3, -0.25) is 4.79 Å². The Morgan fingerprint density at radius 3 is 2.07 bits per heavy atom. The number of para-hydroxylation sites is 2. The van der Waals surface area contributed by atoms with Crippen LogP contribution in [0.2, 0.25) is 0 Å². The molecule has 4 fully saturated rings. The molecule has 0 unspecified atom stereocenters. The van der Waals surface area contributed by atoms with Gasteiger partial charge in [0.05, 0.1) is 17.9 Å². The molecule has 4 saturated carbocycles. The Balaban J connectivity index is 1.43. The third-order valence-corrected chi connectivity index (χ3v) is 6.85. The van der Waals surface area contributed by atoms with E-state index in [1.165, 1.54) is 38.5 Å². The molecule has 28 heavy (non-hydrogen) atoms. The number of anilines is 2. The van der Waals surface area contributed by atoms with Gasteiger partial charge >= 0.3 is 0 Å². The summed E-state index contributed by atoms with van der Waals surface area (Å²) in [6, 6.07) is 8.33. The van der Waals surface area contributed by atoms with Crippen molar-refractivity contribution in [2.24, 2.45) is 17.8 Å². The van der Waals surface area contributed by atoms with Crippen LogP contribution in [-0.2, 0) is 4.79 Å². The predicted octanol–water partition coefficient (Wildman–Crippen LogP) is 4.68. The van der Waals surface area contributed by atoms with Crippen molar-refractivity contribution in [3.05, 3.63) is 49.6 Å². The maximum Gasteiger partial charge on any atom is 0.242 e. The molecule has 0 aromatic heterocycles. The quantitative estimate of drug-likeness (QED) is 0.612. The zero-order valence-corrected chi connectivity index (χ0v) is 16.8. The molecular formula is C24H33N3O. The van der Waals surface area contributed by atoms with Crippen LogP contribution in [0.15, 0.2) is 49.6 Å². The minimum atomic E-state index is 0.0596. The molecule has 0 heterocycles. The van der Waals surface area contributed by atoms with Gasteiger partial charge in [-0.05, 0) is 68.4 Å². The lowest BCUT2D eigenvalue weighted by Gasteiger charge is -2.57. The summed E-state index contributed by atoms with van der Waals surface area (Å²) < 4.78 is 0. The fraction of sp³-hybridized carbons (Fsp3) is 0.542. The van der Waals surface area contributed by atoms with E-state index in [9.17, 15) is 4.79 Å². The van der Waals surface area contributed by atoms with Crippen LogP contribution in [0.5, 0.6) is 0 Å². The molecule has 1 aromatic carbocycles. The number of carbonyl (C=O) groups is 1. The predicted molar refractivity (Wildman–Crippen MR) is 116 cm³/mol. The highest BCUT2D eigenvalue weighted by Gasteiger charge is 2.51. The number of benzene rings is 1. The molecule has 4 bridgehead atoms. The highest BCUT2D eigenvalue weighted by molar-refractivity contribution is 5.83. The molecule has 0 aliphatic heterocycles. The van der Waals surface area contributed by atoms with Crippen molar-refractivity contribution in [2.45, 2.75) is 44.1 Å². The van der Waals surface area contributed by atoms with Crippen molar-refractivity contribution in [1.29, 1.82) is 0 Å². The first-order valence-corrected chi connectivity index (χ1v) is 10.7. The summed E-state index contributed by atoms with van der Waals surface area (Å²) in [5.41, 5.74) is 2.41. The molecule has 0 spiro atoms. The number of rotatable bonds is 9. The summed E-state index contributed by atoms with van der Waals surface area (Å²) in [6.07, 6.45) is 11.7. The van der Waals surface area contributed by atoms with E-state index in [-0.39, 0.29) is 18.0 Å². The van der Waals surface area contributed by atoms with Crippen LogP contribution in [0.25, 0.3) is 0 Å². The summed E-state index contributed by atoms with van der Waals surface area (Å²) >= 11 is 0. The zero-order valence-electron chi connectivity index (χ0n) is 16.8. The van der Waals surface area contributed by atoms with Gasteiger partial charge in [-0.15, -0.1) is 13.2 Å². The van der Waals surface area contributed by atoms with Crippen LogP contribution in [0.4, 0.5) is 11.4 Å². The monoisotopic (exact) mass is 379 g/mol. The molecule has 1 amide bonds. The van der Waals surface area contributed by atoms with Crippen LogP contribution < -0.4 is 10.6 Å². The van der Waals surface area contributed by atoms with Gasteiger partial charge < -0.3 is 15.5 Å². The van der Waals surface area contributed by atoms with Crippen molar-refractivity contribution in [2.75, 3.05) is 30.3 Å². The Labute approximate surface area is 169 Å². The summed E-state index contributed by atoms with van der Waals surface area (Å²) in [4.78, 5) is 14.3. The van der Waals surface area contributed by atoms with E-state index < -0.39 is 0 Å². The van der Waals surface area contributed by atoms with Gasteiger partial charge in [0, 0.05) is 18.6 Å². The average Bonchev–Trinajstić information content (AvgIpc) is 2.65. The topological polar surface area (TPSA) is 44.4 Å². The summed E-state index contributed by atoms with van der Waals surface area (Å²) in [6.45, 7) is 8.85. The number of carbonyl (C=O) groups excluding carboxylic acids is 1. The Hall–Kier alpha value is -2.23. The van der Waals surface area contributed by atoms with Crippen molar-refractivity contribution in [1.82, 2.24) is 4.90 Å². The van der Waals surface area contributed by atoms with Gasteiger partial charge in [-0.25, -0.2) is 0 Å². The van der Waals surface area contributed by atoms with Crippen LogP contribution in [0, 0.1) is 17.8 Å². The molecule has 4 aliphatic carbocycles. The molecule has 0 radical (unpaired) electrons. The molecule has 150 valence electrons.